The van der Waals surface area contributed by atoms with Crippen LogP contribution in [0.4, 0.5) is 5.69 Å². The summed E-state index contributed by atoms with van der Waals surface area (Å²) in [5, 5.41) is 2.68. The number of aromatic nitrogens is 1. The van der Waals surface area contributed by atoms with Crippen molar-refractivity contribution in [3.8, 4) is 11.5 Å². The van der Waals surface area contributed by atoms with Crippen molar-refractivity contribution in [1.82, 2.24) is 4.98 Å². The largest absolute Gasteiger partial charge is 0.493 e. The molecule has 178 valence electrons. The Morgan fingerprint density at radius 3 is 2.72 bits per heavy atom. The quantitative estimate of drug-likeness (QED) is 0.375. The van der Waals surface area contributed by atoms with E-state index in [9.17, 15) is 9.59 Å². The predicted molar refractivity (Wildman–Crippen MR) is 136 cm³/mol. The highest BCUT2D eigenvalue weighted by atomic mass is 32.1. The molecule has 7 heteroatoms. The average Bonchev–Trinajstić information content (AvgIpc) is 3.69. The van der Waals surface area contributed by atoms with Crippen molar-refractivity contribution in [1.29, 1.82) is 0 Å². The molecule has 7 rings (SSSR count). The Bertz CT molecular complexity index is 1510. The van der Waals surface area contributed by atoms with E-state index in [2.05, 4.69) is 11.1 Å². The number of rotatable bonds is 5. The number of ketones is 1. The third-order valence-corrected chi connectivity index (χ3v) is 8.15. The van der Waals surface area contributed by atoms with E-state index in [1.807, 2.05) is 64.9 Å². The molecule has 3 aromatic carbocycles. The summed E-state index contributed by atoms with van der Waals surface area (Å²) in [6.45, 7) is 1.36. The number of nitrogens with zero attached hydrogens (tertiary/aromatic N) is 2. The molecule has 0 N–H and O–H groups in total. The number of hydrogen-bond acceptors (Lipinski definition) is 6. The number of anilines is 1. The van der Waals surface area contributed by atoms with Crippen molar-refractivity contribution < 1.29 is 19.1 Å². The fourth-order valence-electron chi connectivity index (χ4n) is 5.56. The Morgan fingerprint density at radius 1 is 1.03 bits per heavy atom. The van der Waals surface area contributed by atoms with Crippen molar-refractivity contribution in [2.75, 3.05) is 18.1 Å². The maximum atomic E-state index is 14.2. The van der Waals surface area contributed by atoms with Crippen molar-refractivity contribution >= 4 is 28.7 Å². The first kappa shape index (κ1) is 21.3. The van der Waals surface area contributed by atoms with Gasteiger partial charge in [0.05, 0.1) is 19.6 Å². The highest BCUT2D eigenvalue weighted by molar-refractivity contribution is 7.09. The van der Waals surface area contributed by atoms with Gasteiger partial charge in [0.15, 0.2) is 5.78 Å². The number of amides is 1. The van der Waals surface area contributed by atoms with E-state index < -0.39 is 5.41 Å². The topological polar surface area (TPSA) is 68.7 Å². The molecule has 0 radical (unpaired) electrons. The second kappa shape index (κ2) is 8.03. The van der Waals surface area contributed by atoms with E-state index in [-0.39, 0.29) is 18.3 Å². The first-order valence-corrected chi connectivity index (χ1v) is 12.9. The number of benzene rings is 3. The van der Waals surface area contributed by atoms with Gasteiger partial charge in [0, 0.05) is 40.9 Å². The zero-order valence-corrected chi connectivity index (χ0v) is 20.2. The van der Waals surface area contributed by atoms with Crippen LogP contribution in [0.3, 0.4) is 0 Å². The van der Waals surface area contributed by atoms with Crippen LogP contribution >= 0.6 is 11.3 Å². The van der Waals surface area contributed by atoms with Crippen LogP contribution in [0.15, 0.2) is 72.2 Å². The number of Topliss-reactive ketones (excluding diaryl/α,β-unsaturated/α-hetero) is 1. The second-order valence-corrected chi connectivity index (χ2v) is 10.4. The summed E-state index contributed by atoms with van der Waals surface area (Å²) >= 11 is 1.48. The lowest BCUT2D eigenvalue weighted by molar-refractivity contribution is -0.122. The first-order valence-electron chi connectivity index (χ1n) is 12.0. The molecule has 6 nitrogen and oxygen atoms in total. The molecule has 36 heavy (non-hydrogen) atoms. The lowest BCUT2D eigenvalue weighted by Gasteiger charge is -2.23. The number of fused-ring (bicyclic) bond motifs is 5. The zero-order chi connectivity index (χ0) is 24.3. The van der Waals surface area contributed by atoms with E-state index in [0.29, 0.717) is 25.1 Å². The molecule has 4 aromatic rings. The summed E-state index contributed by atoms with van der Waals surface area (Å²) in [7, 11) is 0. The second-order valence-electron chi connectivity index (χ2n) is 9.38. The number of ether oxygens (including phenoxy) is 2. The van der Waals surface area contributed by atoms with E-state index in [4.69, 9.17) is 9.47 Å². The molecule has 4 heterocycles. The van der Waals surface area contributed by atoms with Gasteiger partial charge in [-0.3, -0.25) is 9.59 Å². The summed E-state index contributed by atoms with van der Waals surface area (Å²) in [5.74, 6) is 1.63. The number of carbonyl (C=O) groups is 2. The molecular formula is C29H22N2O4S. The molecule has 3 aliphatic rings. The van der Waals surface area contributed by atoms with Gasteiger partial charge in [-0.15, -0.1) is 11.3 Å². The Morgan fingerprint density at radius 2 is 1.89 bits per heavy atom. The predicted octanol–water partition coefficient (Wildman–Crippen LogP) is 4.73. The Hall–Kier alpha value is -3.97. The lowest BCUT2D eigenvalue weighted by atomic mass is 9.76. The van der Waals surface area contributed by atoms with Crippen LogP contribution in [0.2, 0.25) is 0 Å². The van der Waals surface area contributed by atoms with Gasteiger partial charge in [0.1, 0.15) is 28.5 Å². The van der Waals surface area contributed by atoms with Gasteiger partial charge in [-0.05, 0) is 28.8 Å². The molecule has 0 saturated carbocycles. The summed E-state index contributed by atoms with van der Waals surface area (Å²) in [6, 6.07) is 19.6. The SMILES string of the molecule is O=C(Cc1nccs1)c1ccc(CN2C(=O)C3(COc4cc5c(cc43)CCO5)c3ccccc32)cc1. The molecule has 1 unspecified atom stereocenters. The maximum absolute atomic E-state index is 14.2. The van der Waals surface area contributed by atoms with Crippen LogP contribution in [0.25, 0.3) is 0 Å². The number of carbonyl (C=O) groups excluding carboxylic acids is 2. The van der Waals surface area contributed by atoms with Crippen LogP contribution in [0.1, 0.15) is 37.6 Å². The van der Waals surface area contributed by atoms with Crippen LogP contribution < -0.4 is 14.4 Å². The standard InChI is InChI=1S/C29H22N2O4S/c32-24(14-27-30-10-12-36-27)19-7-5-18(6-8-19)16-31-23-4-2-1-3-21(23)29(28(31)33)17-35-26-15-25-20(9-11-34-25)13-22(26)29/h1-8,10,12-13,15H,9,11,14,16-17H2. The Balaban J connectivity index is 1.20. The minimum atomic E-state index is -0.854. The van der Waals surface area contributed by atoms with E-state index in [1.54, 1.807) is 6.20 Å². The molecule has 0 aliphatic carbocycles. The minimum absolute atomic E-state index is 0.0187. The van der Waals surface area contributed by atoms with Crippen molar-refractivity contribution in [3.05, 3.63) is 105 Å². The minimum Gasteiger partial charge on any atom is -0.493 e. The summed E-state index contributed by atoms with van der Waals surface area (Å²) in [6.07, 6.45) is 2.85. The third-order valence-electron chi connectivity index (χ3n) is 7.37. The van der Waals surface area contributed by atoms with Gasteiger partial charge in [0.2, 0.25) is 5.91 Å². The number of hydrogen-bond donors (Lipinski definition) is 0. The van der Waals surface area contributed by atoms with Gasteiger partial charge in [-0.2, -0.15) is 0 Å². The number of para-hydroxylation sites is 1. The van der Waals surface area contributed by atoms with Crippen LogP contribution in [0, 0.1) is 0 Å². The van der Waals surface area contributed by atoms with Gasteiger partial charge in [0.25, 0.3) is 0 Å². The summed E-state index contributed by atoms with van der Waals surface area (Å²) < 4.78 is 11.8. The molecule has 1 amide bonds. The van der Waals surface area contributed by atoms with E-state index in [0.717, 1.165) is 50.9 Å². The smallest absolute Gasteiger partial charge is 0.246 e. The van der Waals surface area contributed by atoms with Crippen LogP contribution in [-0.2, 0) is 29.6 Å². The van der Waals surface area contributed by atoms with Gasteiger partial charge in [-0.1, -0.05) is 42.5 Å². The molecule has 0 bridgehead atoms. The molecule has 3 aliphatic heterocycles. The number of thiazole rings is 1. The van der Waals surface area contributed by atoms with Crippen LogP contribution in [0.5, 0.6) is 11.5 Å². The molecule has 0 fully saturated rings. The summed E-state index contributed by atoms with van der Waals surface area (Å²) in [4.78, 5) is 32.8. The Kier molecular flexibility index (Phi) is 4.76. The van der Waals surface area contributed by atoms with Gasteiger partial charge >= 0.3 is 0 Å². The van der Waals surface area contributed by atoms with Gasteiger partial charge < -0.3 is 14.4 Å². The summed E-state index contributed by atoms with van der Waals surface area (Å²) in [5.41, 5.74) is 4.68. The normalized spacial score (nSPS) is 19.1. The van der Waals surface area contributed by atoms with Crippen molar-refractivity contribution in [2.45, 2.75) is 24.8 Å². The van der Waals surface area contributed by atoms with E-state index >= 15 is 0 Å². The zero-order valence-electron chi connectivity index (χ0n) is 19.4. The highest BCUT2D eigenvalue weighted by Crippen LogP contribution is 2.54. The average molecular weight is 495 g/mol. The first-order chi connectivity index (χ1) is 17.6. The lowest BCUT2D eigenvalue weighted by Crippen LogP contribution is -2.42. The Labute approximate surface area is 212 Å². The fraction of sp³-hybridized carbons (Fsp3) is 0.207. The fourth-order valence-corrected chi connectivity index (χ4v) is 6.18. The third kappa shape index (κ3) is 3.12. The molecular weight excluding hydrogens is 472 g/mol. The molecule has 1 spiro atoms. The van der Waals surface area contributed by atoms with Crippen molar-refractivity contribution in [2.24, 2.45) is 0 Å². The highest BCUT2D eigenvalue weighted by Gasteiger charge is 2.57. The van der Waals surface area contributed by atoms with E-state index in [1.165, 1.54) is 11.3 Å². The maximum Gasteiger partial charge on any atom is 0.246 e. The van der Waals surface area contributed by atoms with Gasteiger partial charge in [-0.25, -0.2) is 4.98 Å². The van der Waals surface area contributed by atoms with Crippen molar-refractivity contribution in [3.63, 3.8) is 0 Å². The molecule has 0 saturated heterocycles. The molecule has 1 aromatic heterocycles. The van der Waals surface area contributed by atoms with Crippen LogP contribution in [-0.4, -0.2) is 29.9 Å². The molecule has 1 atom stereocenters. The monoisotopic (exact) mass is 494 g/mol.